The van der Waals surface area contributed by atoms with Crippen molar-refractivity contribution in [1.29, 1.82) is 0 Å². The first-order valence-electron chi connectivity index (χ1n) is 5.72. The number of carbonyl (C=O) groups excluding carboxylic acids is 1. The van der Waals surface area contributed by atoms with Gasteiger partial charge in [0.15, 0.2) is 0 Å². The lowest BCUT2D eigenvalue weighted by Crippen LogP contribution is -2.50. The molecule has 0 unspecified atom stereocenters. The molecule has 0 aromatic rings. The molecule has 4 N–H and O–H groups in total. The van der Waals surface area contributed by atoms with Gasteiger partial charge in [-0.3, -0.25) is 4.79 Å². The number of amides is 1. The van der Waals surface area contributed by atoms with Crippen molar-refractivity contribution in [2.24, 2.45) is 11.7 Å². The third kappa shape index (κ3) is 4.61. The zero-order chi connectivity index (χ0) is 12.7. The number of carbonyl (C=O) groups is 2. The van der Waals surface area contributed by atoms with Gasteiger partial charge in [-0.1, -0.05) is 33.6 Å². The van der Waals surface area contributed by atoms with Crippen LogP contribution in [0, 0.1) is 5.92 Å². The molecule has 5 nitrogen and oxygen atoms in total. The van der Waals surface area contributed by atoms with E-state index in [1.54, 1.807) is 0 Å². The molecule has 0 fully saturated rings. The van der Waals surface area contributed by atoms with E-state index in [9.17, 15) is 9.59 Å². The molecular formula is C11H22N2O3. The summed E-state index contributed by atoms with van der Waals surface area (Å²) in [6.45, 7) is 5.69. The van der Waals surface area contributed by atoms with Crippen molar-refractivity contribution in [3.8, 4) is 0 Å². The van der Waals surface area contributed by atoms with Gasteiger partial charge < -0.3 is 16.2 Å². The SMILES string of the molecule is CCC[C@@H](NC(=O)[C@@H](N)[C@@H](C)CC)C(=O)O. The van der Waals surface area contributed by atoms with Crippen LogP contribution in [-0.4, -0.2) is 29.1 Å². The number of carboxylic acid groups (broad SMARTS) is 1. The number of hydrogen-bond acceptors (Lipinski definition) is 3. The van der Waals surface area contributed by atoms with E-state index in [0.717, 1.165) is 6.42 Å². The van der Waals surface area contributed by atoms with Gasteiger partial charge in [-0.2, -0.15) is 0 Å². The summed E-state index contributed by atoms with van der Waals surface area (Å²) in [5.74, 6) is -1.34. The molecule has 0 saturated heterocycles. The second kappa shape index (κ2) is 7.22. The molecule has 0 heterocycles. The fraction of sp³-hybridized carbons (Fsp3) is 0.818. The predicted octanol–water partition coefficient (Wildman–Crippen LogP) is 0.729. The third-order valence-corrected chi connectivity index (χ3v) is 2.75. The van der Waals surface area contributed by atoms with Crippen molar-refractivity contribution in [2.75, 3.05) is 0 Å². The van der Waals surface area contributed by atoms with Crippen LogP contribution in [0.15, 0.2) is 0 Å². The number of rotatable bonds is 7. The maximum absolute atomic E-state index is 11.6. The molecule has 0 bridgehead atoms. The maximum Gasteiger partial charge on any atom is 0.326 e. The van der Waals surface area contributed by atoms with Crippen molar-refractivity contribution in [3.05, 3.63) is 0 Å². The van der Waals surface area contributed by atoms with Crippen LogP contribution >= 0.6 is 0 Å². The van der Waals surface area contributed by atoms with Gasteiger partial charge >= 0.3 is 5.97 Å². The summed E-state index contributed by atoms with van der Waals surface area (Å²) in [6, 6.07) is -1.46. The largest absolute Gasteiger partial charge is 0.480 e. The van der Waals surface area contributed by atoms with Gasteiger partial charge in [0.25, 0.3) is 0 Å². The van der Waals surface area contributed by atoms with Gasteiger partial charge in [0, 0.05) is 0 Å². The molecule has 1 amide bonds. The third-order valence-electron chi connectivity index (χ3n) is 2.75. The summed E-state index contributed by atoms with van der Waals surface area (Å²) in [5.41, 5.74) is 5.71. The van der Waals surface area contributed by atoms with Crippen LogP contribution in [-0.2, 0) is 9.59 Å². The Balaban J connectivity index is 4.34. The highest BCUT2D eigenvalue weighted by molar-refractivity contribution is 5.86. The van der Waals surface area contributed by atoms with Gasteiger partial charge in [0.05, 0.1) is 6.04 Å². The van der Waals surface area contributed by atoms with E-state index in [0.29, 0.717) is 12.8 Å². The molecule has 0 rings (SSSR count). The van der Waals surface area contributed by atoms with Gasteiger partial charge in [-0.05, 0) is 12.3 Å². The molecule has 0 aliphatic carbocycles. The van der Waals surface area contributed by atoms with Crippen LogP contribution in [0.4, 0.5) is 0 Å². The Kier molecular flexibility index (Phi) is 6.72. The summed E-state index contributed by atoms with van der Waals surface area (Å²) >= 11 is 0. The van der Waals surface area contributed by atoms with Gasteiger partial charge in [-0.25, -0.2) is 4.79 Å². The minimum absolute atomic E-state index is 0.0519. The van der Waals surface area contributed by atoms with Gasteiger partial charge in [-0.15, -0.1) is 0 Å². The Morgan fingerprint density at radius 2 is 1.94 bits per heavy atom. The maximum atomic E-state index is 11.6. The second-order valence-electron chi connectivity index (χ2n) is 4.10. The van der Waals surface area contributed by atoms with Crippen molar-refractivity contribution in [3.63, 3.8) is 0 Å². The molecule has 0 aliphatic heterocycles. The van der Waals surface area contributed by atoms with E-state index < -0.39 is 18.1 Å². The summed E-state index contributed by atoms with van der Waals surface area (Å²) in [6.07, 6.45) is 1.92. The van der Waals surface area contributed by atoms with Crippen LogP contribution in [0.2, 0.25) is 0 Å². The zero-order valence-corrected chi connectivity index (χ0v) is 10.2. The van der Waals surface area contributed by atoms with Gasteiger partial charge in [0.1, 0.15) is 6.04 Å². The lowest BCUT2D eigenvalue weighted by atomic mass is 9.99. The Labute approximate surface area is 96.4 Å². The highest BCUT2D eigenvalue weighted by Gasteiger charge is 2.24. The molecule has 16 heavy (non-hydrogen) atoms. The number of hydrogen-bond donors (Lipinski definition) is 3. The second-order valence-corrected chi connectivity index (χ2v) is 4.10. The van der Waals surface area contributed by atoms with Crippen molar-refractivity contribution in [2.45, 2.75) is 52.1 Å². The molecule has 0 aliphatic rings. The minimum Gasteiger partial charge on any atom is -0.480 e. The summed E-state index contributed by atoms with van der Waals surface area (Å²) < 4.78 is 0. The van der Waals surface area contributed by atoms with Crippen LogP contribution in [0.3, 0.4) is 0 Å². The van der Waals surface area contributed by atoms with E-state index >= 15 is 0 Å². The fourth-order valence-corrected chi connectivity index (χ4v) is 1.33. The Hall–Kier alpha value is -1.10. The Morgan fingerprint density at radius 3 is 2.31 bits per heavy atom. The number of nitrogens with one attached hydrogen (secondary N) is 1. The number of carboxylic acids is 1. The molecule has 94 valence electrons. The molecule has 3 atom stereocenters. The molecule has 0 radical (unpaired) electrons. The highest BCUT2D eigenvalue weighted by Crippen LogP contribution is 2.06. The van der Waals surface area contributed by atoms with E-state index in [2.05, 4.69) is 5.32 Å². The minimum atomic E-state index is -1.01. The normalized spacial score (nSPS) is 16.2. The molecule has 0 saturated carbocycles. The summed E-state index contributed by atoms with van der Waals surface area (Å²) in [5, 5.41) is 11.3. The summed E-state index contributed by atoms with van der Waals surface area (Å²) in [4.78, 5) is 22.5. The van der Waals surface area contributed by atoms with Crippen LogP contribution < -0.4 is 11.1 Å². The topological polar surface area (TPSA) is 92.4 Å². The Bertz CT molecular complexity index is 243. The lowest BCUT2D eigenvalue weighted by Gasteiger charge is -2.20. The van der Waals surface area contributed by atoms with E-state index in [-0.39, 0.29) is 11.8 Å². The first-order chi connectivity index (χ1) is 7.43. The van der Waals surface area contributed by atoms with E-state index in [1.807, 2.05) is 20.8 Å². The first kappa shape index (κ1) is 14.9. The van der Waals surface area contributed by atoms with Crippen molar-refractivity contribution in [1.82, 2.24) is 5.32 Å². The highest BCUT2D eigenvalue weighted by atomic mass is 16.4. The predicted molar refractivity (Wildman–Crippen MR) is 61.9 cm³/mol. The number of aliphatic carboxylic acids is 1. The quantitative estimate of drug-likeness (QED) is 0.601. The van der Waals surface area contributed by atoms with E-state index in [1.165, 1.54) is 0 Å². The molecule has 5 heteroatoms. The molecular weight excluding hydrogens is 208 g/mol. The standard InChI is InChI=1S/C11H22N2O3/c1-4-6-8(11(15)16)13-10(14)9(12)7(3)5-2/h7-9H,4-6,12H2,1-3H3,(H,13,14)(H,15,16)/t7-,8+,9-/m0/s1. The molecule has 0 aromatic carbocycles. The van der Waals surface area contributed by atoms with Crippen LogP contribution in [0.1, 0.15) is 40.0 Å². The van der Waals surface area contributed by atoms with Gasteiger partial charge in [0.2, 0.25) is 5.91 Å². The van der Waals surface area contributed by atoms with Crippen molar-refractivity contribution >= 4 is 11.9 Å². The smallest absolute Gasteiger partial charge is 0.326 e. The summed E-state index contributed by atoms with van der Waals surface area (Å²) in [7, 11) is 0. The van der Waals surface area contributed by atoms with Crippen molar-refractivity contribution < 1.29 is 14.7 Å². The van der Waals surface area contributed by atoms with Crippen LogP contribution in [0.25, 0.3) is 0 Å². The monoisotopic (exact) mass is 230 g/mol. The number of nitrogens with two attached hydrogens (primary N) is 1. The van der Waals surface area contributed by atoms with E-state index in [4.69, 9.17) is 10.8 Å². The molecule has 0 spiro atoms. The zero-order valence-electron chi connectivity index (χ0n) is 10.2. The molecule has 0 aromatic heterocycles. The average Bonchev–Trinajstić information content (AvgIpc) is 2.25. The Morgan fingerprint density at radius 1 is 1.38 bits per heavy atom. The lowest BCUT2D eigenvalue weighted by molar-refractivity contribution is -0.142. The fourth-order valence-electron chi connectivity index (χ4n) is 1.33. The average molecular weight is 230 g/mol. The first-order valence-corrected chi connectivity index (χ1v) is 5.72. The van der Waals surface area contributed by atoms with Crippen LogP contribution in [0.5, 0.6) is 0 Å².